The van der Waals surface area contributed by atoms with Gasteiger partial charge in [-0.15, -0.1) is 0 Å². The molecule has 0 bridgehead atoms. The molecule has 0 heterocycles. The summed E-state index contributed by atoms with van der Waals surface area (Å²) in [6, 6.07) is 0. The molecule has 0 amide bonds. The molecule has 170 valence electrons. The van der Waals surface area contributed by atoms with Crippen molar-refractivity contribution in [1.82, 2.24) is 5.32 Å². The molecule has 1 unspecified atom stereocenters. The van der Waals surface area contributed by atoms with E-state index in [1.165, 1.54) is 84.6 Å². The molecular formula is C21H44NNaO5S. The number of allylic oxidation sites excluding steroid dienone is 2. The molecule has 3 N–H and O–H groups in total. The first-order chi connectivity index (χ1) is 13.3. The number of carbonyl (C=O) groups is 1. The van der Waals surface area contributed by atoms with Crippen molar-refractivity contribution >= 4 is 16.1 Å². The summed E-state index contributed by atoms with van der Waals surface area (Å²) < 4.78 is 28.3. The largest absolute Gasteiger partial charge is 1.00 e. The Morgan fingerprint density at radius 3 is 1.69 bits per heavy atom. The second kappa shape index (κ2) is 24.4. The SMILES string of the molecule is CCCCCCCC/C=C\CCCCCCCC(=O)O.CNC(C)S(=O)(=O)O.[H-].[Na+]. The minimum absolute atomic E-state index is 0. The predicted molar refractivity (Wildman–Crippen MR) is 118 cm³/mol. The molecule has 8 heteroatoms. The van der Waals surface area contributed by atoms with E-state index in [1.807, 2.05) is 0 Å². The first-order valence-corrected chi connectivity index (χ1v) is 12.3. The van der Waals surface area contributed by atoms with Gasteiger partial charge >= 0.3 is 35.5 Å². The summed E-state index contributed by atoms with van der Waals surface area (Å²) in [5.41, 5.74) is 0. The van der Waals surface area contributed by atoms with E-state index >= 15 is 0 Å². The summed E-state index contributed by atoms with van der Waals surface area (Å²) >= 11 is 0. The summed E-state index contributed by atoms with van der Waals surface area (Å²) in [6.45, 7) is 3.62. The average Bonchev–Trinajstić information content (AvgIpc) is 2.63. The first kappa shape index (κ1) is 33.7. The van der Waals surface area contributed by atoms with Gasteiger partial charge in [-0.3, -0.25) is 9.35 Å². The Hall–Kier alpha value is 0.0800. The predicted octanol–water partition coefficient (Wildman–Crippen LogP) is 2.66. The monoisotopic (exact) mass is 445 g/mol. The topological polar surface area (TPSA) is 104 Å². The van der Waals surface area contributed by atoms with E-state index in [1.54, 1.807) is 0 Å². The number of hydrogen-bond acceptors (Lipinski definition) is 4. The molecule has 0 aromatic rings. The Morgan fingerprint density at radius 1 is 0.931 bits per heavy atom. The standard InChI is InChI=1S/C18H34O2.C3H9NO3S.Na.H/c1-2-3-4-5-6-7-8-9-10-11-12-13-14-15-16-17-18(19)20;1-3(4-2)8(5,6)7;;/h9-10H,2-8,11-17H2,1H3,(H,19,20);3-4H,1-2H3,(H,5,6,7);;/q;;+1;-1/b10-9-;;;. The normalized spacial score (nSPS) is 12.1. The number of nitrogens with one attached hydrogen (secondary N) is 1. The minimum atomic E-state index is -3.86. The summed E-state index contributed by atoms with van der Waals surface area (Å²) in [5.74, 6) is -0.664. The zero-order valence-corrected chi connectivity index (χ0v) is 22.0. The van der Waals surface area contributed by atoms with Gasteiger partial charge in [0, 0.05) is 6.42 Å². The van der Waals surface area contributed by atoms with Gasteiger partial charge in [-0.25, -0.2) is 0 Å². The van der Waals surface area contributed by atoms with Crippen molar-refractivity contribution in [1.29, 1.82) is 0 Å². The van der Waals surface area contributed by atoms with E-state index in [9.17, 15) is 13.2 Å². The van der Waals surface area contributed by atoms with Crippen molar-refractivity contribution in [2.45, 2.75) is 109 Å². The van der Waals surface area contributed by atoms with Crippen molar-refractivity contribution in [3.63, 3.8) is 0 Å². The Balaban J connectivity index is -0.000000288. The Kier molecular flexibility index (Phi) is 28.3. The van der Waals surface area contributed by atoms with E-state index in [2.05, 4.69) is 24.4 Å². The van der Waals surface area contributed by atoms with Crippen LogP contribution >= 0.6 is 0 Å². The van der Waals surface area contributed by atoms with E-state index in [0.717, 1.165) is 12.8 Å². The van der Waals surface area contributed by atoms with Crippen LogP contribution < -0.4 is 34.9 Å². The van der Waals surface area contributed by atoms with Gasteiger partial charge in [-0.1, -0.05) is 70.4 Å². The third kappa shape index (κ3) is 30.4. The van der Waals surface area contributed by atoms with Crippen LogP contribution in [0.25, 0.3) is 0 Å². The van der Waals surface area contributed by atoms with Gasteiger partial charge in [0.05, 0.1) is 0 Å². The molecule has 0 fully saturated rings. The Morgan fingerprint density at radius 2 is 1.34 bits per heavy atom. The van der Waals surface area contributed by atoms with Gasteiger partial charge in [0.2, 0.25) is 0 Å². The third-order valence-corrected chi connectivity index (χ3v) is 5.64. The molecule has 6 nitrogen and oxygen atoms in total. The van der Waals surface area contributed by atoms with Crippen LogP contribution in [0.2, 0.25) is 0 Å². The number of unbranched alkanes of at least 4 members (excludes halogenated alkanes) is 11. The Bertz CT molecular complexity index is 490. The molecule has 29 heavy (non-hydrogen) atoms. The molecule has 0 rings (SSSR count). The summed E-state index contributed by atoms with van der Waals surface area (Å²) in [4.78, 5) is 10.3. The number of hydrogen-bond donors (Lipinski definition) is 3. The van der Waals surface area contributed by atoms with Crippen LogP contribution in [0.1, 0.15) is 105 Å². The zero-order valence-electron chi connectivity index (χ0n) is 20.2. The zero-order chi connectivity index (χ0) is 21.7. The second-order valence-corrected chi connectivity index (χ2v) is 8.91. The van der Waals surface area contributed by atoms with Crippen LogP contribution in [-0.4, -0.2) is 36.5 Å². The Labute approximate surface area is 202 Å². The van der Waals surface area contributed by atoms with E-state index in [-0.39, 0.29) is 31.0 Å². The molecule has 0 radical (unpaired) electrons. The molecule has 0 aromatic heterocycles. The fourth-order valence-corrected chi connectivity index (χ4v) is 2.79. The summed E-state index contributed by atoms with van der Waals surface area (Å²) in [6.07, 6.45) is 21.2. The second-order valence-electron chi connectivity index (χ2n) is 7.17. The molecule has 1 atom stereocenters. The molecular weight excluding hydrogens is 401 g/mol. The van der Waals surface area contributed by atoms with Crippen molar-refractivity contribution < 1.29 is 53.9 Å². The van der Waals surface area contributed by atoms with Crippen molar-refractivity contribution in [2.24, 2.45) is 0 Å². The summed E-state index contributed by atoms with van der Waals surface area (Å²) in [7, 11) is -2.41. The van der Waals surface area contributed by atoms with Crippen LogP contribution in [-0.2, 0) is 14.9 Å². The molecule has 0 aliphatic heterocycles. The maximum Gasteiger partial charge on any atom is 1.00 e. The number of aliphatic carboxylic acids is 1. The van der Waals surface area contributed by atoms with Crippen molar-refractivity contribution in [3.05, 3.63) is 12.2 Å². The maximum atomic E-state index is 10.3. The molecule has 0 aromatic carbocycles. The molecule has 0 saturated heterocycles. The van der Waals surface area contributed by atoms with Gasteiger partial charge in [0.1, 0.15) is 5.37 Å². The maximum absolute atomic E-state index is 10.3. The minimum Gasteiger partial charge on any atom is -1.00 e. The third-order valence-electron chi connectivity index (χ3n) is 4.51. The molecule has 0 saturated carbocycles. The average molecular weight is 446 g/mol. The van der Waals surface area contributed by atoms with Gasteiger partial charge < -0.3 is 11.8 Å². The van der Waals surface area contributed by atoms with Crippen molar-refractivity contribution in [3.8, 4) is 0 Å². The number of carboxylic acids is 1. The van der Waals surface area contributed by atoms with Crippen molar-refractivity contribution in [2.75, 3.05) is 7.05 Å². The smallest absolute Gasteiger partial charge is 1.00 e. The molecule has 0 spiro atoms. The van der Waals surface area contributed by atoms with Gasteiger partial charge in [-0.05, 0) is 46.1 Å². The van der Waals surface area contributed by atoms with Gasteiger partial charge in [-0.2, -0.15) is 8.42 Å². The van der Waals surface area contributed by atoms with Crippen LogP contribution in [0.4, 0.5) is 0 Å². The number of rotatable bonds is 17. The van der Waals surface area contributed by atoms with Crippen LogP contribution in [0.15, 0.2) is 12.2 Å². The summed E-state index contributed by atoms with van der Waals surface area (Å²) in [5, 5.41) is 10.0. The molecule has 0 aliphatic rings. The quantitative estimate of drug-likeness (QED) is 0.138. The van der Waals surface area contributed by atoms with Gasteiger partial charge in [0.15, 0.2) is 0 Å². The fourth-order valence-electron chi connectivity index (χ4n) is 2.50. The van der Waals surface area contributed by atoms with Gasteiger partial charge in [0.25, 0.3) is 10.1 Å². The van der Waals surface area contributed by atoms with E-state index in [0.29, 0.717) is 6.42 Å². The fraction of sp³-hybridized carbons (Fsp3) is 0.857. The first-order valence-electron chi connectivity index (χ1n) is 10.8. The van der Waals surface area contributed by atoms with E-state index in [4.69, 9.17) is 9.66 Å². The van der Waals surface area contributed by atoms with E-state index < -0.39 is 21.5 Å². The van der Waals surface area contributed by atoms with Crippen LogP contribution in [0, 0.1) is 0 Å². The molecule has 0 aliphatic carbocycles. The number of carboxylic acid groups (broad SMARTS) is 1. The van der Waals surface area contributed by atoms with Crippen LogP contribution in [0.5, 0.6) is 0 Å². The van der Waals surface area contributed by atoms with Crippen LogP contribution in [0.3, 0.4) is 0 Å².